The number of hydrogen-bond acceptors (Lipinski definition) is 6. The molecule has 12 heavy (non-hydrogen) atoms. The molecule has 6 heteroatoms. The first-order chi connectivity index (χ1) is 5.76. The van der Waals surface area contributed by atoms with Crippen molar-refractivity contribution < 1.29 is 19.5 Å². The highest BCUT2D eigenvalue weighted by atomic mass is 16.7. The lowest BCUT2D eigenvalue weighted by Crippen LogP contribution is -2.40. The molecular weight excluding hydrogens is 164 g/mol. The average molecular weight is 178 g/mol. The van der Waals surface area contributed by atoms with Gasteiger partial charge in [0.15, 0.2) is 6.29 Å². The number of nitrogens with two attached hydrogens (primary N) is 2. The summed E-state index contributed by atoms with van der Waals surface area (Å²) < 4.78 is 5.07. The summed E-state index contributed by atoms with van der Waals surface area (Å²) in [6.45, 7) is 0.233. The van der Waals surface area contributed by atoms with Crippen LogP contribution in [0, 0.1) is 0 Å². The Kier molecular flexibility index (Phi) is 3.86. The van der Waals surface area contributed by atoms with Crippen LogP contribution in [0.15, 0.2) is 0 Å². The van der Waals surface area contributed by atoms with Crippen molar-refractivity contribution in [3.63, 3.8) is 0 Å². The van der Waals surface area contributed by atoms with Crippen molar-refractivity contribution in [3.05, 3.63) is 0 Å². The predicted molar refractivity (Wildman–Crippen MR) is 39.3 cm³/mol. The van der Waals surface area contributed by atoms with E-state index in [4.69, 9.17) is 21.6 Å². The first-order valence-corrected chi connectivity index (χ1v) is 3.77. The SMILES string of the molecule is NOC[C@@H]1C[C@H](ON)C[C@H](O)O1. The maximum atomic E-state index is 9.15. The van der Waals surface area contributed by atoms with Crippen molar-refractivity contribution in [2.24, 2.45) is 11.8 Å². The third-order valence-corrected chi connectivity index (χ3v) is 1.81. The molecule has 0 radical (unpaired) electrons. The van der Waals surface area contributed by atoms with E-state index in [9.17, 15) is 0 Å². The molecule has 1 saturated heterocycles. The quantitative estimate of drug-likeness (QED) is 0.461. The lowest BCUT2D eigenvalue weighted by atomic mass is 10.1. The molecule has 0 unspecified atom stereocenters. The van der Waals surface area contributed by atoms with Gasteiger partial charge >= 0.3 is 0 Å². The van der Waals surface area contributed by atoms with Crippen molar-refractivity contribution in [2.75, 3.05) is 6.61 Å². The van der Waals surface area contributed by atoms with Crippen molar-refractivity contribution in [1.82, 2.24) is 0 Å². The Morgan fingerprint density at radius 1 is 1.42 bits per heavy atom. The molecule has 0 aliphatic carbocycles. The maximum Gasteiger partial charge on any atom is 0.157 e. The van der Waals surface area contributed by atoms with E-state index in [-0.39, 0.29) is 18.8 Å². The van der Waals surface area contributed by atoms with Gasteiger partial charge < -0.3 is 19.5 Å². The van der Waals surface area contributed by atoms with Crippen LogP contribution in [-0.4, -0.2) is 30.2 Å². The molecular formula is C6H14N2O4. The number of hydrogen-bond donors (Lipinski definition) is 3. The Labute approximate surface area is 70.3 Å². The maximum absolute atomic E-state index is 9.15. The summed E-state index contributed by atoms with van der Waals surface area (Å²) in [5.41, 5.74) is 0. The highest BCUT2D eigenvalue weighted by Crippen LogP contribution is 2.19. The van der Waals surface area contributed by atoms with Crippen molar-refractivity contribution in [2.45, 2.75) is 31.3 Å². The molecule has 0 saturated carbocycles. The summed E-state index contributed by atoms with van der Waals surface area (Å²) in [6, 6.07) is 0. The largest absolute Gasteiger partial charge is 0.368 e. The Hall–Kier alpha value is -0.240. The molecule has 1 aliphatic rings. The van der Waals surface area contributed by atoms with Gasteiger partial charge in [-0.3, -0.25) is 0 Å². The average Bonchev–Trinajstić information content (AvgIpc) is 2.04. The predicted octanol–water partition coefficient (Wildman–Crippen LogP) is -1.37. The van der Waals surface area contributed by atoms with E-state index in [0.29, 0.717) is 12.8 Å². The van der Waals surface area contributed by atoms with E-state index >= 15 is 0 Å². The second kappa shape index (κ2) is 4.70. The summed E-state index contributed by atoms with van der Waals surface area (Å²) in [7, 11) is 0. The molecule has 1 fully saturated rings. The van der Waals surface area contributed by atoms with E-state index in [0.717, 1.165) is 0 Å². The Bertz CT molecular complexity index is 135. The molecule has 6 nitrogen and oxygen atoms in total. The lowest BCUT2D eigenvalue weighted by molar-refractivity contribution is -0.210. The van der Waals surface area contributed by atoms with Gasteiger partial charge in [-0.15, -0.1) is 0 Å². The summed E-state index contributed by atoms with van der Waals surface area (Å²) in [6.07, 6.45) is -0.295. The Morgan fingerprint density at radius 2 is 2.17 bits per heavy atom. The highest BCUT2D eigenvalue weighted by molar-refractivity contribution is 4.72. The lowest BCUT2D eigenvalue weighted by Gasteiger charge is -2.30. The first kappa shape index (κ1) is 9.85. The topological polar surface area (TPSA) is 100.0 Å². The molecule has 72 valence electrons. The zero-order valence-electron chi connectivity index (χ0n) is 6.68. The van der Waals surface area contributed by atoms with Crippen LogP contribution in [0.5, 0.6) is 0 Å². The molecule has 1 rings (SSSR count). The highest BCUT2D eigenvalue weighted by Gasteiger charge is 2.28. The van der Waals surface area contributed by atoms with Crippen molar-refractivity contribution in [3.8, 4) is 0 Å². The molecule has 3 atom stereocenters. The molecule has 1 aliphatic heterocycles. The molecule has 5 N–H and O–H groups in total. The smallest absolute Gasteiger partial charge is 0.157 e. The summed E-state index contributed by atoms with van der Waals surface area (Å²) in [4.78, 5) is 8.99. The summed E-state index contributed by atoms with van der Waals surface area (Å²) in [5.74, 6) is 9.84. The van der Waals surface area contributed by atoms with Gasteiger partial charge in [0.2, 0.25) is 0 Å². The van der Waals surface area contributed by atoms with Crippen LogP contribution in [0.25, 0.3) is 0 Å². The van der Waals surface area contributed by atoms with Crippen LogP contribution in [-0.2, 0) is 14.4 Å². The van der Waals surface area contributed by atoms with E-state index in [1.54, 1.807) is 0 Å². The zero-order valence-corrected chi connectivity index (χ0v) is 6.68. The Balaban J connectivity index is 2.34. The fourth-order valence-corrected chi connectivity index (χ4v) is 1.27. The Morgan fingerprint density at radius 3 is 2.75 bits per heavy atom. The van der Waals surface area contributed by atoms with Gasteiger partial charge in [0.25, 0.3) is 0 Å². The number of ether oxygens (including phenoxy) is 1. The molecule has 1 heterocycles. The van der Waals surface area contributed by atoms with Gasteiger partial charge in [-0.2, -0.15) is 0 Å². The standard InChI is InChI=1S/C6H14N2O4/c7-10-3-5-1-4(12-8)2-6(9)11-5/h4-6,9H,1-3,7-8H2/t4-,5-,6+/m0/s1. The van der Waals surface area contributed by atoms with E-state index in [2.05, 4.69) is 9.68 Å². The van der Waals surface area contributed by atoms with Crippen LogP contribution >= 0.6 is 0 Å². The molecule has 0 aromatic carbocycles. The van der Waals surface area contributed by atoms with Crippen LogP contribution in [0.1, 0.15) is 12.8 Å². The van der Waals surface area contributed by atoms with E-state index < -0.39 is 6.29 Å². The van der Waals surface area contributed by atoms with Crippen molar-refractivity contribution >= 4 is 0 Å². The normalized spacial score (nSPS) is 36.8. The first-order valence-electron chi connectivity index (χ1n) is 3.77. The summed E-state index contributed by atoms with van der Waals surface area (Å²) >= 11 is 0. The second-order valence-corrected chi connectivity index (χ2v) is 2.78. The monoisotopic (exact) mass is 178 g/mol. The minimum Gasteiger partial charge on any atom is -0.368 e. The van der Waals surface area contributed by atoms with Gasteiger partial charge in [0.05, 0.1) is 18.8 Å². The van der Waals surface area contributed by atoms with Crippen LogP contribution in [0.2, 0.25) is 0 Å². The molecule has 0 bridgehead atoms. The third kappa shape index (κ3) is 2.67. The fraction of sp³-hybridized carbons (Fsp3) is 1.00. The van der Waals surface area contributed by atoms with Gasteiger partial charge in [0, 0.05) is 12.8 Å². The molecule has 0 amide bonds. The second-order valence-electron chi connectivity index (χ2n) is 2.78. The van der Waals surface area contributed by atoms with Gasteiger partial charge in [-0.1, -0.05) is 0 Å². The summed E-state index contributed by atoms with van der Waals surface area (Å²) in [5, 5.41) is 9.15. The molecule has 0 spiro atoms. The van der Waals surface area contributed by atoms with Crippen LogP contribution in [0.4, 0.5) is 0 Å². The number of rotatable bonds is 3. The van der Waals surface area contributed by atoms with Crippen LogP contribution < -0.4 is 11.8 Å². The minimum absolute atomic E-state index is 0.186. The number of aliphatic hydroxyl groups is 1. The van der Waals surface area contributed by atoms with Crippen molar-refractivity contribution in [1.29, 1.82) is 0 Å². The molecule has 0 aromatic rings. The van der Waals surface area contributed by atoms with Gasteiger partial charge in [-0.25, -0.2) is 11.8 Å². The minimum atomic E-state index is -0.840. The number of aliphatic hydroxyl groups excluding tert-OH is 1. The van der Waals surface area contributed by atoms with E-state index in [1.165, 1.54) is 0 Å². The third-order valence-electron chi connectivity index (χ3n) is 1.81. The fourth-order valence-electron chi connectivity index (χ4n) is 1.27. The van der Waals surface area contributed by atoms with Gasteiger partial charge in [-0.05, 0) is 0 Å². The zero-order chi connectivity index (χ0) is 8.97. The van der Waals surface area contributed by atoms with Gasteiger partial charge in [0.1, 0.15) is 0 Å². The van der Waals surface area contributed by atoms with Crippen LogP contribution in [0.3, 0.4) is 0 Å². The molecule has 0 aromatic heterocycles. The van der Waals surface area contributed by atoms with E-state index in [1.807, 2.05) is 0 Å².